The van der Waals surface area contributed by atoms with Gasteiger partial charge in [0.15, 0.2) is 0 Å². The number of benzene rings is 2. The predicted octanol–water partition coefficient (Wildman–Crippen LogP) is 3.67. The second kappa shape index (κ2) is 10.2. The minimum Gasteiger partial charge on any atom is -0.460 e. The van der Waals surface area contributed by atoms with Gasteiger partial charge in [0.2, 0.25) is 0 Å². The highest BCUT2D eigenvalue weighted by Crippen LogP contribution is 2.04. The van der Waals surface area contributed by atoms with Crippen molar-refractivity contribution in [1.82, 2.24) is 4.90 Å². The van der Waals surface area contributed by atoms with Gasteiger partial charge in [-0.25, -0.2) is 0 Å². The molecule has 0 saturated carbocycles. The third-order valence-corrected chi connectivity index (χ3v) is 3.91. The van der Waals surface area contributed by atoms with E-state index < -0.39 is 0 Å². The van der Waals surface area contributed by atoms with Crippen LogP contribution in [0.2, 0.25) is 0 Å². The van der Waals surface area contributed by atoms with Crippen LogP contribution < -0.4 is 0 Å². The van der Waals surface area contributed by atoms with Gasteiger partial charge in [-0.15, -0.1) is 0 Å². The lowest BCUT2D eigenvalue weighted by atomic mass is 10.1. The Morgan fingerprint density at radius 1 is 0.913 bits per heavy atom. The molecule has 2 aromatic rings. The van der Waals surface area contributed by atoms with Gasteiger partial charge in [0.05, 0.1) is 6.54 Å². The fourth-order valence-electron chi connectivity index (χ4n) is 2.29. The van der Waals surface area contributed by atoms with Crippen LogP contribution in [-0.2, 0) is 22.6 Å². The zero-order chi connectivity index (χ0) is 16.3. The fraction of sp³-hybridized carbons (Fsp3) is 0.316. The Labute approximate surface area is 146 Å². The van der Waals surface area contributed by atoms with E-state index in [1.165, 1.54) is 5.56 Å². The van der Waals surface area contributed by atoms with Gasteiger partial charge in [0.25, 0.3) is 0 Å². The molecule has 0 saturated heterocycles. The topological polar surface area (TPSA) is 29.5 Å². The van der Waals surface area contributed by atoms with Crippen LogP contribution in [0.25, 0.3) is 0 Å². The summed E-state index contributed by atoms with van der Waals surface area (Å²) >= 11 is 3.45. The maximum absolute atomic E-state index is 12.0. The number of hydrogen-bond donors (Lipinski definition) is 0. The Morgan fingerprint density at radius 3 is 2.13 bits per heavy atom. The van der Waals surface area contributed by atoms with Gasteiger partial charge in [-0.3, -0.25) is 9.69 Å². The van der Waals surface area contributed by atoms with Crippen molar-refractivity contribution in [3.05, 3.63) is 71.8 Å². The Balaban J connectivity index is 1.77. The molecule has 2 rings (SSSR count). The smallest absolute Gasteiger partial charge is 0.320 e. The normalized spacial score (nSPS) is 10.7. The zero-order valence-electron chi connectivity index (χ0n) is 13.2. The predicted molar refractivity (Wildman–Crippen MR) is 96.6 cm³/mol. The lowest BCUT2D eigenvalue weighted by molar-refractivity contribution is -0.146. The minimum absolute atomic E-state index is 0.178. The molecule has 0 aromatic heterocycles. The van der Waals surface area contributed by atoms with Crippen LogP contribution in [0.15, 0.2) is 60.7 Å². The molecule has 0 unspecified atom stereocenters. The molecule has 0 radical (unpaired) electrons. The van der Waals surface area contributed by atoms with Crippen LogP contribution in [0.3, 0.4) is 0 Å². The molecule has 0 heterocycles. The molecule has 0 fully saturated rings. The molecule has 0 spiro atoms. The first kappa shape index (κ1) is 17.7. The lowest BCUT2D eigenvalue weighted by Gasteiger charge is -2.20. The molecule has 0 aliphatic rings. The van der Waals surface area contributed by atoms with Crippen molar-refractivity contribution in [2.75, 3.05) is 25.0 Å². The van der Waals surface area contributed by atoms with Crippen molar-refractivity contribution in [3.8, 4) is 0 Å². The van der Waals surface area contributed by atoms with E-state index >= 15 is 0 Å². The van der Waals surface area contributed by atoms with Gasteiger partial charge < -0.3 is 4.74 Å². The number of hydrogen-bond acceptors (Lipinski definition) is 3. The average Bonchev–Trinajstić information content (AvgIpc) is 2.60. The summed E-state index contributed by atoms with van der Waals surface area (Å²) in [5.41, 5.74) is 2.29. The molecular formula is C19H22BrNO2. The Hall–Kier alpha value is -1.65. The third-order valence-electron chi connectivity index (χ3n) is 3.56. The van der Waals surface area contributed by atoms with Crippen LogP contribution in [0.5, 0.6) is 0 Å². The Bertz CT molecular complexity index is 574. The summed E-state index contributed by atoms with van der Waals surface area (Å²) in [7, 11) is 0. The Morgan fingerprint density at radius 2 is 1.52 bits per heavy atom. The van der Waals surface area contributed by atoms with E-state index in [1.807, 2.05) is 48.5 Å². The molecule has 0 atom stereocenters. The molecular weight excluding hydrogens is 354 g/mol. The van der Waals surface area contributed by atoms with E-state index in [-0.39, 0.29) is 5.97 Å². The molecule has 3 nitrogen and oxygen atoms in total. The second-order valence-corrected chi connectivity index (χ2v) is 6.14. The number of carbonyl (C=O) groups excluding carboxylic acids is 1. The van der Waals surface area contributed by atoms with Crippen LogP contribution in [0.4, 0.5) is 0 Å². The maximum Gasteiger partial charge on any atom is 0.320 e. The van der Waals surface area contributed by atoms with Gasteiger partial charge in [0, 0.05) is 18.4 Å². The van der Waals surface area contributed by atoms with Gasteiger partial charge in [-0.05, 0) is 17.5 Å². The summed E-state index contributed by atoms with van der Waals surface area (Å²) in [6, 6.07) is 20.1. The largest absolute Gasteiger partial charge is 0.460 e. The highest BCUT2D eigenvalue weighted by Gasteiger charge is 2.11. The molecule has 0 aliphatic carbocycles. The number of ether oxygens (including phenoxy) is 1. The van der Waals surface area contributed by atoms with E-state index in [2.05, 4.69) is 33.0 Å². The Kier molecular flexibility index (Phi) is 7.84. The van der Waals surface area contributed by atoms with Crippen LogP contribution in [0.1, 0.15) is 11.1 Å². The number of rotatable bonds is 9. The van der Waals surface area contributed by atoms with Crippen molar-refractivity contribution < 1.29 is 9.53 Å². The lowest BCUT2D eigenvalue weighted by Crippen LogP contribution is -2.34. The highest BCUT2D eigenvalue weighted by molar-refractivity contribution is 9.09. The summed E-state index contributed by atoms with van der Waals surface area (Å²) < 4.78 is 5.36. The first-order valence-corrected chi connectivity index (χ1v) is 8.92. The van der Waals surface area contributed by atoms with Crippen molar-refractivity contribution in [2.45, 2.75) is 13.0 Å². The SMILES string of the molecule is O=C(CN(CCBr)CCc1ccccc1)OCc1ccccc1. The molecule has 23 heavy (non-hydrogen) atoms. The average molecular weight is 376 g/mol. The maximum atomic E-state index is 12.0. The summed E-state index contributed by atoms with van der Waals surface area (Å²) in [5.74, 6) is -0.178. The molecule has 0 aliphatic heterocycles. The summed E-state index contributed by atoms with van der Waals surface area (Å²) in [5, 5.41) is 0.841. The molecule has 122 valence electrons. The number of nitrogens with zero attached hydrogens (tertiary/aromatic N) is 1. The van der Waals surface area contributed by atoms with E-state index in [9.17, 15) is 4.79 Å². The van der Waals surface area contributed by atoms with Crippen LogP contribution in [-0.4, -0.2) is 35.8 Å². The van der Waals surface area contributed by atoms with E-state index in [1.54, 1.807) is 0 Å². The van der Waals surface area contributed by atoms with E-state index in [0.717, 1.165) is 30.4 Å². The first-order valence-electron chi connectivity index (χ1n) is 7.79. The van der Waals surface area contributed by atoms with Crippen LogP contribution in [0, 0.1) is 0 Å². The van der Waals surface area contributed by atoms with Crippen molar-refractivity contribution in [2.24, 2.45) is 0 Å². The van der Waals surface area contributed by atoms with Gasteiger partial charge in [-0.2, -0.15) is 0 Å². The van der Waals surface area contributed by atoms with Crippen LogP contribution >= 0.6 is 15.9 Å². The van der Waals surface area contributed by atoms with Gasteiger partial charge in [0.1, 0.15) is 6.61 Å². The number of alkyl halides is 1. The summed E-state index contributed by atoms with van der Waals surface area (Å²) in [6.45, 7) is 2.33. The standard InChI is InChI=1S/C19H22BrNO2/c20-12-14-21(13-11-17-7-3-1-4-8-17)15-19(22)23-16-18-9-5-2-6-10-18/h1-10H,11-16H2. The molecule has 2 aromatic carbocycles. The van der Waals surface area contributed by atoms with Crippen molar-refractivity contribution >= 4 is 21.9 Å². The zero-order valence-corrected chi connectivity index (χ0v) is 14.7. The number of carbonyl (C=O) groups is 1. The van der Waals surface area contributed by atoms with E-state index in [4.69, 9.17) is 4.74 Å². The van der Waals surface area contributed by atoms with Crippen molar-refractivity contribution in [1.29, 1.82) is 0 Å². The second-order valence-electron chi connectivity index (χ2n) is 5.35. The molecule has 0 N–H and O–H groups in total. The van der Waals surface area contributed by atoms with Crippen molar-refractivity contribution in [3.63, 3.8) is 0 Å². The summed E-state index contributed by atoms with van der Waals surface area (Å²) in [6.07, 6.45) is 0.930. The quantitative estimate of drug-likeness (QED) is 0.494. The van der Waals surface area contributed by atoms with Gasteiger partial charge in [-0.1, -0.05) is 76.6 Å². The molecule has 0 bridgehead atoms. The van der Waals surface area contributed by atoms with Gasteiger partial charge >= 0.3 is 5.97 Å². The van der Waals surface area contributed by atoms with E-state index in [0.29, 0.717) is 13.2 Å². The monoisotopic (exact) mass is 375 g/mol. The fourth-order valence-corrected chi connectivity index (χ4v) is 2.79. The minimum atomic E-state index is -0.178. The first-order chi connectivity index (χ1) is 11.3. The highest BCUT2D eigenvalue weighted by atomic mass is 79.9. The molecule has 0 amide bonds. The summed E-state index contributed by atoms with van der Waals surface area (Å²) in [4.78, 5) is 14.2. The third kappa shape index (κ3) is 6.97. The number of esters is 1. The molecule has 4 heteroatoms. The number of halogens is 1.